The van der Waals surface area contributed by atoms with Gasteiger partial charge >= 0.3 is 0 Å². The van der Waals surface area contributed by atoms with Gasteiger partial charge in [-0.3, -0.25) is 5.32 Å². The van der Waals surface area contributed by atoms with Gasteiger partial charge in [0, 0.05) is 24.1 Å². The third-order valence-corrected chi connectivity index (χ3v) is 3.46. The fourth-order valence-corrected chi connectivity index (χ4v) is 2.28. The molecule has 3 heteroatoms. The normalized spacial score (nSPS) is 17.2. The Balaban J connectivity index is 2.23. The second kappa shape index (κ2) is 5.76. The SMILES string of the molecule is C#CC(C)(C)NCc1cc2c(cc1OCC)CC(C)O2. The van der Waals surface area contributed by atoms with Gasteiger partial charge in [-0.05, 0) is 39.8 Å². The van der Waals surface area contributed by atoms with Crippen LogP contribution < -0.4 is 14.8 Å². The lowest BCUT2D eigenvalue weighted by Crippen LogP contribution is -2.37. The molecule has 0 bridgehead atoms. The Kier molecular flexibility index (Phi) is 4.25. The fraction of sp³-hybridized carbons (Fsp3) is 0.529. The Bertz CT molecular complexity index is 529. The van der Waals surface area contributed by atoms with Crippen molar-refractivity contribution < 1.29 is 9.47 Å². The average Bonchev–Trinajstić information content (AvgIpc) is 2.75. The molecule has 1 atom stereocenters. The van der Waals surface area contributed by atoms with E-state index >= 15 is 0 Å². The van der Waals surface area contributed by atoms with Gasteiger partial charge in [-0.2, -0.15) is 0 Å². The molecule has 1 heterocycles. The molecule has 20 heavy (non-hydrogen) atoms. The van der Waals surface area contributed by atoms with Crippen LogP contribution in [0.4, 0.5) is 0 Å². The van der Waals surface area contributed by atoms with Crippen molar-refractivity contribution in [2.75, 3.05) is 6.61 Å². The minimum Gasteiger partial charge on any atom is -0.494 e. The first kappa shape index (κ1) is 14.7. The summed E-state index contributed by atoms with van der Waals surface area (Å²) in [6.45, 7) is 9.37. The van der Waals surface area contributed by atoms with Gasteiger partial charge in [0.25, 0.3) is 0 Å². The first-order valence-electron chi connectivity index (χ1n) is 7.13. The van der Waals surface area contributed by atoms with E-state index in [2.05, 4.69) is 30.3 Å². The lowest BCUT2D eigenvalue weighted by Gasteiger charge is -2.21. The highest BCUT2D eigenvalue weighted by molar-refractivity contribution is 5.48. The van der Waals surface area contributed by atoms with E-state index in [1.165, 1.54) is 5.56 Å². The smallest absolute Gasteiger partial charge is 0.124 e. The molecule has 1 aliphatic heterocycles. The van der Waals surface area contributed by atoms with Crippen molar-refractivity contribution in [3.63, 3.8) is 0 Å². The van der Waals surface area contributed by atoms with E-state index < -0.39 is 0 Å². The van der Waals surface area contributed by atoms with Crippen molar-refractivity contribution in [2.24, 2.45) is 0 Å². The molecule has 0 fully saturated rings. The van der Waals surface area contributed by atoms with Crippen molar-refractivity contribution in [1.82, 2.24) is 5.32 Å². The highest BCUT2D eigenvalue weighted by Crippen LogP contribution is 2.35. The second-order valence-corrected chi connectivity index (χ2v) is 5.76. The molecule has 1 N–H and O–H groups in total. The molecule has 1 aromatic rings. The zero-order valence-corrected chi connectivity index (χ0v) is 12.7. The Morgan fingerprint density at radius 1 is 1.50 bits per heavy atom. The molecule has 3 nitrogen and oxygen atoms in total. The maximum atomic E-state index is 5.82. The zero-order valence-electron chi connectivity index (χ0n) is 12.7. The molecule has 0 amide bonds. The van der Waals surface area contributed by atoms with Gasteiger partial charge in [0.05, 0.1) is 12.1 Å². The third-order valence-electron chi connectivity index (χ3n) is 3.46. The number of fused-ring (bicyclic) bond motifs is 1. The van der Waals surface area contributed by atoms with Crippen LogP contribution in [0.1, 0.15) is 38.8 Å². The number of hydrogen-bond acceptors (Lipinski definition) is 3. The highest BCUT2D eigenvalue weighted by Gasteiger charge is 2.22. The lowest BCUT2D eigenvalue weighted by molar-refractivity contribution is 0.254. The largest absolute Gasteiger partial charge is 0.494 e. The standard InChI is InChI=1S/C17H23NO2/c1-6-17(4,5)18-11-14-10-16-13(8-12(3)20-16)9-15(14)19-7-2/h1,9-10,12,18H,7-8,11H2,2-5H3. The molecule has 0 aliphatic carbocycles. The van der Waals surface area contributed by atoms with Crippen LogP contribution in [-0.4, -0.2) is 18.2 Å². The Morgan fingerprint density at radius 2 is 2.25 bits per heavy atom. The average molecular weight is 273 g/mol. The molecular weight excluding hydrogens is 250 g/mol. The Morgan fingerprint density at radius 3 is 2.90 bits per heavy atom. The summed E-state index contributed by atoms with van der Waals surface area (Å²) < 4.78 is 11.6. The van der Waals surface area contributed by atoms with E-state index in [0.717, 1.165) is 23.5 Å². The van der Waals surface area contributed by atoms with Gasteiger partial charge in [0.2, 0.25) is 0 Å². The number of rotatable bonds is 5. The molecule has 108 valence electrons. The van der Waals surface area contributed by atoms with Crippen molar-refractivity contribution in [3.8, 4) is 23.8 Å². The summed E-state index contributed by atoms with van der Waals surface area (Å²) in [5.74, 6) is 4.63. The molecule has 1 aromatic carbocycles. The van der Waals surface area contributed by atoms with Crippen molar-refractivity contribution >= 4 is 0 Å². The van der Waals surface area contributed by atoms with Crippen LogP contribution >= 0.6 is 0 Å². The summed E-state index contributed by atoms with van der Waals surface area (Å²) in [5, 5.41) is 3.35. The zero-order chi connectivity index (χ0) is 14.8. The van der Waals surface area contributed by atoms with E-state index in [4.69, 9.17) is 15.9 Å². The maximum Gasteiger partial charge on any atom is 0.124 e. The molecule has 1 aliphatic rings. The molecule has 0 saturated heterocycles. The van der Waals surface area contributed by atoms with Crippen LogP contribution in [0.5, 0.6) is 11.5 Å². The monoisotopic (exact) mass is 273 g/mol. The summed E-state index contributed by atoms with van der Waals surface area (Å²) in [6, 6.07) is 4.17. The summed E-state index contributed by atoms with van der Waals surface area (Å²) in [7, 11) is 0. The topological polar surface area (TPSA) is 30.5 Å². The van der Waals surface area contributed by atoms with E-state index in [9.17, 15) is 0 Å². The minimum absolute atomic E-state index is 0.241. The summed E-state index contributed by atoms with van der Waals surface area (Å²) in [4.78, 5) is 0. The van der Waals surface area contributed by atoms with Crippen LogP contribution in [-0.2, 0) is 13.0 Å². The summed E-state index contributed by atoms with van der Waals surface area (Å²) in [5.41, 5.74) is 1.97. The molecule has 0 saturated carbocycles. The van der Waals surface area contributed by atoms with E-state index in [1.807, 2.05) is 20.8 Å². The Labute approximate surface area is 121 Å². The highest BCUT2D eigenvalue weighted by atomic mass is 16.5. The molecule has 0 spiro atoms. The summed E-state index contributed by atoms with van der Waals surface area (Å²) >= 11 is 0. The predicted octanol–water partition coefficient (Wildman–Crippen LogP) is 2.91. The number of nitrogens with one attached hydrogen (secondary N) is 1. The van der Waals surface area contributed by atoms with E-state index in [-0.39, 0.29) is 11.6 Å². The number of ether oxygens (including phenoxy) is 2. The first-order valence-corrected chi connectivity index (χ1v) is 7.13. The van der Waals surface area contributed by atoms with E-state index in [1.54, 1.807) is 0 Å². The van der Waals surface area contributed by atoms with Crippen molar-refractivity contribution in [3.05, 3.63) is 23.3 Å². The van der Waals surface area contributed by atoms with Crippen LogP contribution in [0, 0.1) is 12.3 Å². The quantitative estimate of drug-likeness (QED) is 0.837. The number of hydrogen-bond donors (Lipinski definition) is 1. The maximum absolute atomic E-state index is 5.82. The summed E-state index contributed by atoms with van der Waals surface area (Å²) in [6.07, 6.45) is 6.69. The van der Waals surface area contributed by atoms with Crippen molar-refractivity contribution in [2.45, 2.75) is 52.3 Å². The molecule has 1 unspecified atom stereocenters. The van der Waals surface area contributed by atoms with Gasteiger partial charge in [-0.25, -0.2) is 0 Å². The fourth-order valence-electron chi connectivity index (χ4n) is 2.28. The van der Waals surface area contributed by atoms with Crippen molar-refractivity contribution in [1.29, 1.82) is 0 Å². The van der Waals surface area contributed by atoms with Gasteiger partial charge in [-0.1, -0.05) is 5.92 Å². The van der Waals surface area contributed by atoms with Crippen LogP contribution in [0.3, 0.4) is 0 Å². The van der Waals surface area contributed by atoms with Crippen LogP contribution in [0.25, 0.3) is 0 Å². The van der Waals surface area contributed by atoms with Gasteiger partial charge in [-0.15, -0.1) is 6.42 Å². The Hall–Kier alpha value is -1.66. The van der Waals surface area contributed by atoms with Gasteiger partial charge in [0.1, 0.15) is 17.6 Å². The van der Waals surface area contributed by atoms with Crippen LogP contribution in [0.2, 0.25) is 0 Å². The molecule has 2 rings (SSSR count). The molecule has 0 aromatic heterocycles. The number of terminal acetylenes is 1. The van der Waals surface area contributed by atoms with E-state index in [0.29, 0.717) is 13.2 Å². The van der Waals surface area contributed by atoms with Gasteiger partial charge in [0.15, 0.2) is 0 Å². The lowest BCUT2D eigenvalue weighted by atomic mass is 10.0. The van der Waals surface area contributed by atoms with Crippen LogP contribution in [0.15, 0.2) is 12.1 Å². The molecule has 0 radical (unpaired) electrons. The minimum atomic E-state index is -0.337. The number of benzene rings is 1. The predicted molar refractivity (Wildman–Crippen MR) is 81.2 cm³/mol. The second-order valence-electron chi connectivity index (χ2n) is 5.76. The third kappa shape index (κ3) is 3.26. The van der Waals surface area contributed by atoms with Gasteiger partial charge < -0.3 is 9.47 Å². The molecular formula is C17H23NO2. The first-order chi connectivity index (χ1) is 9.45.